The van der Waals surface area contributed by atoms with Crippen molar-refractivity contribution >= 4 is 11.9 Å². The van der Waals surface area contributed by atoms with Crippen molar-refractivity contribution in [3.8, 4) is 11.5 Å². The Morgan fingerprint density at radius 2 is 1.35 bits per heavy atom. The van der Waals surface area contributed by atoms with Crippen LogP contribution in [0.1, 0.15) is 28.4 Å². The first-order valence-electron chi connectivity index (χ1n) is 11.8. The van der Waals surface area contributed by atoms with Crippen LogP contribution < -0.4 is 14.8 Å². The minimum atomic E-state index is -4.39. The monoisotopic (exact) mass is 565 g/mol. The molecule has 40 heavy (non-hydrogen) atoms. The molecule has 4 N–H and O–H groups in total. The molecule has 12 heteroatoms. The standard InChI is InChI=1S/C26H28F3NO4.C2H2O4/c1-32-23-10-6-19(7-11-23)25(20-8-12-24(33-2)13-9-20)34-17-22(31)16-30-15-18-4-3-5-21(14-18)26(27,28)29;3-1(4)2(5)6/h3-14,22,25,30-31H,15-17H2,1-2H3;(H,3,4)(H,5,6). The van der Waals surface area contributed by atoms with Crippen LogP contribution in [0, 0.1) is 0 Å². The summed E-state index contributed by atoms with van der Waals surface area (Å²) in [6.07, 6.45) is -5.68. The average Bonchev–Trinajstić information content (AvgIpc) is 2.94. The van der Waals surface area contributed by atoms with Crippen LogP contribution in [0.3, 0.4) is 0 Å². The van der Waals surface area contributed by atoms with Crippen LogP contribution >= 0.6 is 0 Å². The Labute approximate surface area is 228 Å². The molecule has 3 rings (SSSR count). The van der Waals surface area contributed by atoms with E-state index in [-0.39, 0.29) is 19.7 Å². The highest BCUT2D eigenvalue weighted by atomic mass is 19.4. The van der Waals surface area contributed by atoms with Crippen LogP contribution in [0.2, 0.25) is 0 Å². The number of methoxy groups -OCH3 is 2. The molecule has 0 heterocycles. The van der Waals surface area contributed by atoms with Gasteiger partial charge in [-0.1, -0.05) is 42.5 Å². The van der Waals surface area contributed by atoms with Crippen molar-refractivity contribution in [1.82, 2.24) is 5.32 Å². The first-order chi connectivity index (χ1) is 18.9. The number of hydrogen-bond donors (Lipinski definition) is 4. The Bertz CT molecular complexity index is 1160. The number of nitrogens with one attached hydrogen (secondary N) is 1. The Hall–Kier alpha value is -4.13. The van der Waals surface area contributed by atoms with Crippen LogP contribution in [0.25, 0.3) is 0 Å². The minimum absolute atomic E-state index is 0.0261. The van der Waals surface area contributed by atoms with Gasteiger partial charge in [-0.3, -0.25) is 0 Å². The molecule has 0 aliphatic carbocycles. The van der Waals surface area contributed by atoms with Crippen molar-refractivity contribution < 1.29 is 52.3 Å². The number of ether oxygens (including phenoxy) is 3. The molecule has 0 bridgehead atoms. The number of benzene rings is 3. The normalized spacial score (nSPS) is 11.8. The Kier molecular flexibility index (Phi) is 12.4. The number of aliphatic hydroxyl groups excluding tert-OH is 1. The molecule has 3 aromatic rings. The quantitative estimate of drug-likeness (QED) is 0.253. The third-order valence-corrected chi connectivity index (χ3v) is 5.44. The van der Waals surface area contributed by atoms with E-state index >= 15 is 0 Å². The van der Waals surface area contributed by atoms with E-state index in [1.807, 2.05) is 48.5 Å². The van der Waals surface area contributed by atoms with Crippen molar-refractivity contribution in [2.24, 2.45) is 0 Å². The van der Waals surface area contributed by atoms with Gasteiger partial charge in [-0.05, 0) is 47.0 Å². The summed E-state index contributed by atoms with van der Waals surface area (Å²) < 4.78 is 55.1. The third kappa shape index (κ3) is 10.6. The minimum Gasteiger partial charge on any atom is -0.497 e. The van der Waals surface area contributed by atoms with Crippen molar-refractivity contribution in [1.29, 1.82) is 0 Å². The van der Waals surface area contributed by atoms with Crippen LogP contribution in [-0.4, -0.2) is 60.7 Å². The maximum absolute atomic E-state index is 12.9. The molecule has 0 amide bonds. The second-order valence-corrected chi connectivity index (χ2v) is 8.35. The number of rotatable bonds is 11. The summed E-state index contributed by atoms with van der Waals surface area (Å²) in [6.45, 7) is 0.383. The summed E-state index contributed by atoms with van der Waals surface area (Å²) in [5.74, 6) is -2.21. The summed E-state index contributed by atoms with van der Waals surface area (Å²) in [6, 6.07) is 20.0. The van der Waals surface area contributed by atoms with E-state index in [9.17, 15) is 18.3 Å². The Morgan fingerprint density at radius 3 is 1.77 bits per heavy atom. The summed E-state index contributed by atoms with van der Waals surface area (Å²) in [5.41, 5.74) is 1.56. The molecule has 216 valence electrons. The molecule has 0 fully saturated rings. The molecule has 0 spiro atoms. The molecule has 0 aliphatic heterocycles. The largest absolute Gasteiger partial charge is 0.497 e. The molecule has 1 unspecified atom stereocenters. The van der Waals surface area contributed by atoms with Gasteiger partial charge < -0.3 is 34.8 Å². The second-order valence-electron chi connectivity index (χ2n) is 8.35. The highest BCUT2D eigenvalue weighted by Gasteiger charge is 2.30. The van der Waals surface area contributed by atoms with Gasteiger partial charge in [0, 0.05) is 13.1 Å². The van der Waals surface area contributed by atoms with E-state index in [1.54, 1.807) is 20.3 Å². The van der Waals surface area contributed by atoms with Gasteiger partial charge >= 0.3 is 18.1 Å². The first kappa shape index (κ1) is 32.1. The average molecular weight is 566 g/mol. The van der Waals surface area contributed by atoms with Crippen LogP contribution in [0.15, 0.2) is 72.8 Å². The number of aliphatic hydroxyl groups is 1. The zero-order valence-electron chi connectivity index (χ0n) is 21.7. The molecule has 9 nitrogen and oxygen atoms in total. The van der Waals surface area contributed by atoms with E-state index in [2.05, 4.69) is 5.32 Å². The van der Waals surface area contributed by atoms with Gasteiger partial charge in [0.15, 0.2) is 0 Å². The lowest BCUT2D eigenvalue weighted by atomic mass is 10.0. The Morgan fingerprint density at radius 1 is 0.850 bits per heavy atom. The molecular weight excluding hydrogens is 535 g/mol. The molecule has 0 saturated heterocycles. The highest BCUT2D eigenvalue weighted by molar-refractivity contribution is 6.27. The topological polar surface area (TPSA) is 135 Å². The molecule has 3 aromatic carbocycles. The van der Waals surface area contributed by atoms with Crippen LogP contribution in [0.4, 0.5) is 13.2 Å². The van der Waals surface area contributed by atoms with Crippen molar-refractivity contribution in [2.45, 2.75) is 24.9 Å². The van der Waals surface area contributed by atoms with Gasteiger partial charge in [-0.15, -0.1) is 0 Å². The fourth-order valence-electron chi connectivity index (χ4n) is 3.45. The molecule has 0 aliphatic rings. The Balaban J connectivity index is 0.000000840. The third-order valence-electron chi connectivity index (χ3n) is 5.44. The van der Waals surface area contributed by atoms with Gasteiger partial charge in [0.2, 0.25) is 0 Å². The molecule has 0 aromatic heterocycles. The van der Waals surface area contributed by atoms with Gasteiger partial charge in [0.05, 0.1) is 32.5 Å². The molecular formula is C28H30F3NO8. The number of hydrogen-bond acceptors (Lipinski definition) is 7. The number of halogens is 3. The van der Waals surface area contributed by atoms with E-state index in [0.717, 1.165) is 34.8 Å². The smallest absolute Gasteiger partial charge is 0.416 e. The van der Waals surface area contributed by atoms with Gasteiger partial charge in [-0.2, -0.15) is 13.2 Å². The predicted octanol–water partition coefficient (Wildman–Crippen LogP) is 4.13. The molecule has 1 atom stereocenters. The van der Waals surface area contributed by atoms with E-state index in [1.165, 1.54) is 6.07 Å². The SMILES string of the molecule is COc1ccc(C(OCC(O)CNCc2cccc(C(F)(F)F)c2)c2ccc(OC)cc2)cc1.O=C(O)C(=O)O. The lowest BCUT2D eigenvalue weighted by Gasteiger charge is -2.22. The summed E-state index contributed by atoms with van der Waals surface area (Å²) in [5, 5.41) is 28.2. The highest BCUT2D eigenvalue weighted by Crippen LogP contribution is 2.30. The summed E-state index contributed by atoms with van der Waals surface area (Å²) in [7, 11) is 3.18. The van der Waals surface area contributed by atoms with Crippen LogP contribution in [-0.2, 0) is 27.0 Å². The summed E-state index contributed by atoms with van der Waals surface area (Å²) in [4.78, 5) is 18.2. The van der Waals surface area contributed by atoms with Crippen molar-refractivity contribution in [3.63, 3.8) is 0 Å². The fraction of sp³-hybridized carbons (Fsp3) is 0.286. The summed E-state index contributed by atoms with van der Waals surface area (Å²) >= 11 is 0. The molecule has 0 radical (unpaired) electrons. The predicted molar refractivity (Wildman–Crippen MR) is 138 cm³/mol. The number of carbonyl (C=O) groups is 2. The number of carboxylic acids is 2. The van der Waals surface area contributed by atoms with Gasteiger partial charge in [0.1, 0.15) is 17.6 Å². The van der Waals surface area contributed by atoms with Gasteiger partial charge in [0.25, 0.3) is 0 Å². The molecule has 0 saturated carbocycles. The van der Waals surface area contributed by atoms with E-state index in [4.69, 9.17) is 34.0 Å². The maximum Gasteiger partial charge on any atom is 0.416 e. The second kappa shape index (κ2) is 15.5. The number of aliphatic carboxylic acids is 2. The van der Waals surface area contributed by atoms with Crippen LogP contribution in [0.5, 0.6) is 11.5 Å². The van der Waals surface area contributed by atoms with E-state index in [0.29, 0.717) is 5.56 Å². The van der Waals surface area contributed by atoms with Gasteiger partial charge in [-0.25, -0.2) is 9.59 Å². The maximum atomic E-state index is 12.9. The number of carboxylic acid groups (broad SMARTS) is 2. The van der Waals surface area contributed by atoms with E-state index < -0.39 is 35.9 Å². The zero-order chi connectivity index (χ0) is 29.7. The lowest BCUT2D eigenvalue weighted by molar-refractivity contribution is -0.159. The first-order valence-corrected chi connectivity index (χ1v) is 11.8. The zero-order valence-corrected chi connectivity index (χ0v) is 21.7. The van der Waals surface area contributed by atoms with Crippen molar-refractivity contribution in [3.05, 3.63) is 95.1 Å². The van der Waals surface area contributed by atoms with Crippen molar-refractivity contribution in [2.75, 3.05) is 27.4 Å². The lowest BCUT2D eigenvalue weighted by Crippen LogP contribution is -2.30. The number of alkyl halides is 3. The fourth-order valence-corrected chi connectivity index (χ4v) is 3.45.